The van der Waals surface area contributed by atoms with Gasteiger partial charge in [-0.05, 0) is 30.5 Å². The van der Waals surface area contributed by atoms with Gasteiger partial charge in [-0.25, -0.2) is 4.98 Å². The van der Waals surface area contributed by atoms with Crippen molar-refractivity contribution in [2.24, 2.45) is 0 Å². The minimum Gasteiger partial charge on any atom is -0.352 e. The van der Waals surface area contributed by atoms with Crippen LogP contribution in [-0.4, -0.2) is 48.5 Å². The normalized spacial score (nSPS) is 15.6. The van der Waals surface area contributed by atoms with E-state index in [0.717, 1.165) is 47.8 Å². The third kappa shape index (κ3) is 4.69. The van der Waals surface area contributed by atoms with Crippen molar-refractivity contribution in [3.63, 3.8) is 0 Å². The Bertz CT molecular complexity index is 885. The highest BCUT2D eigenvalue weighted by molar-refractivity contribution is 7.22. The van der Waals surface area contributed by atoms with Crippen LogP contribution in [-0.2, 0) is 11.3 Å². The van der Waals surface area contributed by atoms with Gasteiger partial charge >= 0.3 is 0 Å². The third-order valence-electron chi connectivity index (χ3n) is 5.19. The number of para-hydroxylation sites is 1. The predicted octanol–water partition coefficient (Wildman–Crippen LogP) is 3.51. The minimum absolute atomic E-state index is 0.0725. The van der Waals surface area contributed by atoms with Crippen LogP contribution in [0.15, 0.2) is 54.6 Å². The number of likely N-dealkylation sites (tertiary alicyclic amines) is 1. The molecule has 0 atom stereocenters. The molecule has 0 saturated carbocycles. The maximum Gasteiger partial charge on any atom is 0.239 e. The number of carbonyl (C=O) groups is 1. The van der Waals surface area contributed by atoms with Gasteiger partial charge in [0, 0.05) is 32.7 Å². The average molecular weight is 395 g/mol. The highest BCUT2D eigenvalue weighted by atomic mass is 32.1. The number of anilines is 1. The van der Waals surface area contributed by atoms with E-state index in [4.69, 9.17) is 0 Å². The van der Waals surface area contributed by atoms with E-state index in [-0.39, 0.29) is 11.9 Å². The Balaban J connectivity index is 1.24. The summed E-state index contributed by atoms with van der Waals surface area (Å²) >= 11 is 1.62. The number of aromatic nitrogens is 1. The number of nitrogens with one attached hydrogen (secondary N) is 1. The van der Waals surface area contributed by atoms with Gasteiger partial charge in [-0.2, -0.15) is 0 Å². The molecule has 1 aromatic heterocycles. The first-order valence-electron chi connectivity index (χ1n) is 9.80. The van der Waals surface area contributed by atoms with Crippen LogP contribution < -0.4 is 10.2 Å². The highest BCUT2D eigenvalue weighted by Crippen LogP contribution is 2.27. The van der Waals surface area contributed by atoms with Crippen LogP contribution in [0.2, 0.25) is 0 Å². The summed E-state index contributed by atoms with van der Waals surface area (Å²) in [5.74, 6) is 0.0725. The van der Waals surface area contributed by atoms with Crippen molar-refractivity contribution in [3.05, 3.63) is 60.2 Å². The zero-order chi connectivity index (χ0) is 19.3. The van der Waals surface area contributed by atoms with Crippen molar-refractivity contribution < 1.29 is 4.79 Å². The fourth-order valence-corrected chi connectivity index (χ4v) is 4.58. The second kappa shape index (κ2) is 8.71. The van der Waals surface area contributed by atoms with Crippen molar-refractivity contribution >= 4 is 32.6 Å². The molecule has 0 bridgehead atoms. The Morgan fingerprint density at radius 3 is 2.61 bits per heavy atom. The molecule has 1 fully saturated rings. The molecule has 0 unspecified atom stereocenters. The van der Waals surface area contributed by atoms with Crippen LogP contribution in [0.25, 0.3) is 10.2 Å². The Kier molecular flexibility index (Phi) is 5.88. The number of thiazole rings is 1. The molecule has 1 saturated heterocycles. The molecule has 3 aromatic rings. The van der Waals surface area contributed by atoms with Gasteiger partial charge in [0.2, 0.25) is 5.91 Å². The predicted molar refractivity (Wildman–Crippen MR) is 116 cm³/mol. The molecule has 0 radical (unpaired) electrons. The lowest BCUT2D eigenvalue weighted by atomic mass is 10.0. The number of likely N-dealkylation sites (N-methyl/N-ethyl adjacent to an activating group) is 1. The molecule has 1 aliphatic heterocycles. The largest absolute Gasteiger partial charge is 0.352 e. The second-order valence-electron chi connectivity index (χ2n) is 7.42. The van der Waals surface area contributed by atoms with Gasteiger partial charge in [0.25, 0.3) is 0 Å². The summed E-state index contributed by atoms with van der Waals surface area (Å²) < 4.78 is 1.15. The van der Waals surface area contributed by atoms with Crippen molar-refractivity contribution in [3.8, 4) is 0 Å². The van der Waals surface area contributed by atoms with Crippen LogP contribution in [0.3, 0.4) is 0 Å². The SMILES string of the molecule is CN(CC(=O)NC1CCN(Cc2ccccc2)CC1)c1nc2ccccc2s1. The van der Waals surface area contributed by atoms with Gasteiger partial charge in [-0.3, -0.25) is 9.69 Å². The van der Waals surface area contributed by atoms with Gasteiger partial charge in [0.1, 0.15) is 0 Å². The monoisotopic (exact) mass is 394 g/mol. The summed E-state index contributed by atoms with van der Waals surface area (Å²) in [5, 5.41) is 4.09. The van der Waals surface area contributed by atoms with Crippen LogP contribution >= 0.6 is 11.3 Å². The summed E-state index contributed by atoms with van der Waals surface area (Å²) in [6.45, 7) is 3.37. The van der Waals surface area contributed by atoms with Crippen molar-refractivity contribution in [2.75, 3.05) is 31.6 Å². The number of amides is 1. The van der Waals surface area contributed by atoms with Crippen LogP contribution in [0.4, 0.5) is 5.13 Å². The van der Waals surface area contributed by atoms with Gasteiger partial charge in [0.15, 0.2) is 5.13 Å². The maximum absolute atomic E-state index is 12.5. The Morgan fingerprint density at radius 1 is 1.14 bits per heavy atom. The van der Waals surface area contributed by atoms with Crippen LogP contribution in [0, 0.1) is 0 Å². The zero-order valence-corrected chi connectivity index (χ0v) is 17.0. The fourth-order valence-electron chi connectivity index (χ4n) is 3.66. The van der Waals surface area contributed by atoms with Crippen molar-refractivity contribution in [2.45, 2.75) is 25.4 Å². The lowest BCUT2D eigenvalue weighted by Gasteiger charge is -2.32. The van der Waals surface area contributed by atoms with E-state index >= 15 is 0 Å². The third-order valence-corrected chi connectivity index (χ3v) is 6.34. The maximum atomic E-state index is 12.5. The Morgan fingerprint density at radius 2 is 1.86 bits per heavy atom. The molecular weight excluding hydrogens is 368 g/mol. The van der Waals surface area contributed by atoms with E-state index in [2.05, 4.69) is 51.6 Å². The molecule has 2 heterocycles. The molecular formula is C22H26N4OS. The molecule has 146 valence electrons. The number of benzene rings is 2. The number of fused-ring (bicyclic) bond motifs is 1. The first-order chi connectivity index (χ1) is 13.7. The smallest absolute Gasteiger partial charge is 0.239 e. The van der Waals surface area contributed by atoms with E-state index in [1.165, 1.54) is 5.56 Å². The topological polar surface area (TPSA) is 48.5 Å². The van der Waals surface area contributed by atoms with Crippen LogP contribution in [0.5, 0.6) is 0 Å². The number of carbonyl (C=O) groups excluding carboxylic acids is 1. The molecule has 0 spiro atoms. The van der Waals surface area contributed by atoms with Gasteiger partial charge in [-0.15, -0.1) is 0 Å². The molecule has 4 rings (SSSR count). The number of piperidine rings is 1. The molecule has 1 N–H and O–H groups in total. The summed E-state index contributed by atoms with van der Waals surface area (Å²) in [7, 11) is 1.93. The first kappa shape index (κ1) is 18.9. The molecule has 6 heteroatoms. The van der Waals surface area contributed by atoms with E-state index in [0.29, 0.717) is 6.54 Å². The number of hydrogen-bond acceptors (Lipinski definition) is 5. The van der Waals surface area contributed by atoms with E-state index in [9.17, 15) is 4.79 Å². The summed E-state index contributed by atoms with van der Waals surface area (Å²) in [4.78, 5) is 21.5. The van der Waals surface area contributed by atoms with Crippen molar-refractivity contribution in [1.82, 2.24) is 15.2 Å². The highest BCUT2D eigenvalue weighted by Gasteiger charge is 2.21. The lowest BCUT2D eigenvalue weighted by Crippen LogP contribution is -2.46. The Labute approximate surface area is 170 Å². The van der Waals surface area contributed by atoms with Gasteiger partial charge < -0.3 is 10.2 Å². The standard InChI is InChI=1S/C22H26N4OS/c1-25(22-24-19-9-5-6-10-20(19)28-22)16-21(27)23-18-11-13-26(14-12-18)15-17-7-3-2-4-8-17/h2-10,18H,11-16H2,1H3,(H,23,27). The molecule has 28 heavy (non-hydrogen) atoms. The molecule has 0 aliphatic carbocycles. The first-order valence-corrected chi connectivity index (χ1v) is 10.6. The zero-order valence-electron chi connectivity index (χ0n) is 16.2. The summed E-state index contributed by atoms with van der Waals surface area (Å²) in [6, 6.07) is 18.9. The number of rotatable bonds is 6. The molecule has 1 amide bonds. The van der Waals surface area contributed by atoms with Crippen LogP contribution in [0.1, 0.15) is 18.4 Å². The van der Waals surface area contributed by atoms with Gasteiger partial charge in [-0.1, -0.05) is 53.8 Å². The number of hydrogen-bond donors (Lipinski definition) is 1. The summed E-state index contributed by atoms with van der Waals surface area (Å²) in [5.41, 5.74) is 2.34. The van der Waals surface area contributed by atoms with E-state index in [1.54, 1.807) is 11.3 Å². The lowest BCUT2D eigenvalue weighted by molar-refractivity contribution is -0.120. The average Bonchev–Trinajstić information content (AvgIpc) is 3.15. The van der Waals surface area contributed by atoms with E-state index < -0.39 is 0 Å². The molecule has 5 nitrogen and oxygen atoms in total. The van der Waals surface area contributed by atoms with Gasteiger partial charge in [0.05, 0.1) is 16.8 Å². The second-order valence-corrected chi connectivity index (χ2v) is 8.43. The fraction of sp³-hybridized carbons (Fsp3) is 0.364. The molecule has 1 aliphatic rings. The summed E-state index contributed by atoms with van der Waals surface area (Å²) in [6.07, 6.45) is 2.01. The van der Waals surface area contributed by atoms with Crippen molar-refractivity contribution in [1.29, 1.82) is 0 Å². The quantitative estimate of drug-likeness (QED) is 0.695. The number of nitrogens with zero attached hydrogens (tertiary/aromatic N) is 3. The minimum atomic E-state index is 0.0725. The Hall–Kier alpha value is -2.44. The van der Waals surface area contributed by atoms with E-state index in [1.807, 2.05) is 30.1 Å². The molecule has 2 aromatic carbocycles.